The van der Waals surface area contributed by atoms with Gasteiger partial charge in [-0.1, -0.05) is 18.2 Å². The van der Waals surface area contributed by atoms with Gasteiger partial charge in [0.25, 0.3) is 0 Å². The molecular formula is C14H11F2NO2. The van der Waals surface area contributed by atoms with Gasteiger partial charge in [0.2, 0.25) is 0 Å². The molecule has 5 heteroatoms. The number of rotatable bonds is 4. The van der Waals surface area contributed by atoms with E-state index in [1.54, 1.807) is 24.3 Å². The van der Waals surface area contributed by atoms with Crippen LogP contribution in [-0.2, 0) is 11.2 Å². The second-order valence-electron chi connectivity index (χ2n) is 3.98. The van der Waals surface area contributed by atoms with Crippen LogP contribution in [0.1, 0.15) is 5.56 Å². The van der Waals surface area contributed by atoms with Gasteiger partial charge >= 0.3 is 5.97 Å². The van der Waals surface area contributed by atoms with E-state index in [0.717, 1.165) is 12.1 Å². The lowest BCUT2D eigenvalue weighted by molar-refractivity contribution is -0.136. The maximum atomic E-state index is 13.1. The van der Waals surface area contributed by atoms with Gasteiger partial charge in [-0.2, -0.15) is 0 Å². The minimum atomic E-state index is -0.959. The number of hydrogen-bond acceptors (Lipinski definition) is 2. The molecule has 98 valence electrons. The van der Waals surface area contributed by atoms with Crippen molar-refractivity contribution in [2.45, 2.75) is 6.42 Å². The SMILES string of the molecule is O=C(O)Cc1ccccc1Nc1ccc(F)c(F)c1. The Morgan fingerprint density at radius 3 is 2.53 bits per heavy atom. The van der Waals surface area contributed by atoms with Gasteiger partial charge < -0.3 is 10.4 Å². The molecule has 0 spiro atoms. The number of halogens is 2. The molecule has 0 fully saturated rings. The summed E-state index contributed by atoms with van der Waals surface area (Å²) >= 11 is 0. The molecule has 0 atom stereocenters. The fraction of sp³-hybridized carbons (Fsp3) is 0.0714. The zero-order valence-corrected chi connectivity index (χ0v) is 9.86. The second-order valence-corrected chi connectivity index (χ2v) is 3.98. The van der Waals surface area contributed by atoms with Gasteiger partial charge in [-0.25, -0.2) is 8.78 Å². The first-order valence-corrected chi connectivity index (χ1v) is 5.58. The summed E-state index contributed by atoms with van der Waals surface area (Å²) in [4.78, 5) is 10.7. The Hall–Kier alpha value is -2.43. The highest BCUT2D eigenvalue weighted by Crippen LogP contribution is 2.22. The second kappa shape index (κ2) is 5.48. The summed E-state index contributed by atoms with van der Waals surface area (Å²) in [6.45, 7) is 0. The summed E-state index contributed by atoms with van der Waals surface area (Å²) in [6.07, 6.45) is -0.146. The first-order valence-electron chi connectivity index (χ1n) is 5.58. The van der Waals surface area contributed by atoms with Crippen LogP contribution in [0.2, 0.25) is 0 Å². The van der Waals surface area contributed by atoms with Crippen molar-refractivity contribution < 1.29 is 18.7 Å². The summed E-state index contributed by atoms with van der Waals surface area (Å²) in [5, 5.41) is 11.7. The Morgan fingerprint density at radius 1 is 1.11 bits per heavy atom. The molecule has 0 aliphatic carbocycles. The van der Waals surface area contributed by atoms with Crippen LogP contribution < -0.4 is 5.32 Å². The monoisotopic (exact) mass is 263 g/mol. The van der Waals surface area contributed by atoms with Crippen LogP contribution in [0.4, 0.5) is 20.2 Å². The average Bonchev–Trinajstić information content (AvgIpc) is 2.36. The third kappa shape index (κ3) is 3.28. The maximum Gasteiger partial charge on any atom is 0.307 e. The van der Waals surface area contributed by atoms with Crippen LogP contribution in [0.25, 0.3) is 0 Å². The lowest BCUT2D eigenvalue weighted by atomic mass is 10.1. The predicted octanol–water partition coefficient (Wildman–Crippen LogP) is 3.34. The molecule has 2 N–H and O–H groups in total. The van der Waals surface area contributed by atoms with Gasteiger partial charge in [0, 0.05) is 17.4 Å². The zero-order chi connectivity index (χ0) is 13.8. The molecule has 2 rings (SSSR count). The van der Waals surface area contributed by atoms with Crippen molar-refractivity contribution in [2.75, 3.05) is 5.32 Å². The van der Waals surface area contributed by atoms with E-state index >= 15 is 0 Å². The van der Waals surface area contributed by atoms with Crippen molar-refractivity contribution in [3.05, 3.63) is 59.7 Å². The maximum absolute atomic E-state index is 13.1. The molecular weight excluding hydrogens is 252 g/mol. The first kappa shape index (κ1) is 13.0. The number of aliphatic carboxylic acids is 1. The van der Waals surface area contributed by atoms with Crippen molar-refractivity contribution in [2.24, 2.45) is 0 Å². The minimum absolute atomic E-state index is 0.146. The van der Waals surface area contributed by atoms with E-state index in [-0.39, 0.29) is 6.42 Å². The molecule has 3 nitrogen and oxygen atoms in total. The molecule has 2 aromatic carbocycles. The number of nitrogens with one attached hydrogen (secondary N) is 1. The average molecular weight is 263 g/mol. The molecule has 0 radical (unpaired) electrons. The van der Waals surface area contributed by atoms with Crippen LogP contribution in [0.15, 0.2) is 42.5 Å². The van der Waals surface area contributed by atoms with Gasteiger partial charge in [-0.3, -0.25) is 4.79 Å². The number of carboxylic acid groups (broad SMARTS) is 1. The third-order valence-electron chi connectivity index (χ3n) is 2.56. The third-order valence-corrected chi connectivity index (χ3v) is 2.56. The summed E-state index contributed by atoms with van der Waals surface area (Å²) in [5.74, 6) is -2.84. The highest BCUT2D eigenvalue weighted by Gasteiger charge is 2.08. The highest BCUT2D eigenvalue weighted by molar-refractivity contribution is 5.75. The molecule has 0 aromatic heterocycles. The molecule has 0 heterocycles. The lowest BCUT2D eigenvalue weighted by Crippen LogP contribution is -2.03. The summed E-state index contributed by atoms with van der Waals surface area (Å²) < 4.78 is 25.9. The van der Waals surface area contributed by atoms with Crippen LogP contribution >= 0.6 is 0 Å². The fourth-order valence-electron chi connectivity index (χ4n) is 1.69. The smallest absolute Gasteiger partial charge is 0.307 e. The van der Waals surface area contributed by atoms with Crippen molar-refractivity contribution in [3.63, 3.8) is 0 Å². The predicted molar refractivity (Wildman–Crippen MR) is 67.4 cm³/mol. The Bertz CT molecular complexity index is 614. The molecule has 0 bridgehead atoms. The molecule has 0 saturated heterocycles. The molecule has 0 unspecified atom stereocenters. The van der Waals surface area contributed by atoms with E-state index in [2.05, 4.69) is 5.32 Å². The number of hydrogen-bond donors (Lipinski definition) is 2. The summed E-state index contributed by atoms with van der Waals surface area (Å²) in [7, 11) is 0. The Labute approximate surface area is 108 Å². The lowest BCUT2D eigenvalue weighted by Gasteiger charge is -2.11. The summed E-state index contributed by atoms with van der Waals surface area (Å²) in [6, 6.07) is 10.2. The van der Waals surface area contributed by atoms with Gasteiger partial charge in [0.1, 0.15) is 0 Å². The van der Waals surface area contributed by atoms with E-state index in [4.69, 9.17) is 5.11 Å². The van der Waals surface area contributed by atoms with Gasteiger partial charge in [0.15, 0.2) is 11.6 Å². The number of carboxylic acids is 1. The number of carbonyl (C=O) groups is 1. The minimum Gasteiger partial charge on any atom is -0.481 e. The van der Waals surface area contributed by atoms with Crippen molar-refractivity contribution in [3.8, 4) is 0 Å². The quantitative estimate of drug-likeness (QED) is 0.889. The Morgan fingerprint density at radius 2 is 1.84 bits per heavy atom. The number of para-hydroxylation sites is 1. The van der Waals surface area contributed by atoms with E-state index in [9.17, 15) is 13.6 Å². The first-order chi connectivity index (χ1) is 9.06. The Balaban J connectivity index is 2.27. The van der Waals surface area contributed by atoms with E-state index in [0.29, 0.717) is 16.9 Å². The van der Waals surface area contributed by atoms with Gasteiger partial charge in [-0.05, 0) is 23.8 Å². The van der Waals surface area contributed by atoms with Gasteiger partial charge in [0.05, 0.1) is 6.42 Å². The van der Waals surface area contributed by atoms with E-state index in [1.165, 1.54) is 6.07 Å². The van der Waals surface area contributed by atoms with Crippen LogP contribution in [0, 0.1) is 11.6 Å². The largest absolute Gasteiger partial charge is 0.481 e. The molecule has 19 heavy (non-hydrogen) atoms. The highest BCUT2D eigenvalue weighted by atomic mass is 19.2. The summed E-state index contributed by atoms with van der Waals surface area (Å²) in [5.41, 5.74) is 1.48. The standard InChI is InChI=1S/C14H11F2NO2/c15-11-6-5-10(8-12(11)16)17-13-4-2-1-3-9(13)7-14(18)19/h1-6,8,17H,7H2,(H,18,19). The van der Waals surface area contributed by atoms with Crippen molar-refractivity contribution >= 4 is 17.3 Å². The molecule has 0 aliphatic heterocycles. The van der Waals surface area contributed by atoms with E-state index in [1.807, 2.05) is 0 Å². The zero-order valence-electron chi connectivity index (χ0n) is 9.86. The number of benzene rings is 2. The van der Waals surface area contributed by atoms with Crippen molar-refractivity contribution in [1.82, 2.24) is 0 Å². The Kier molecular flexibility index (Phi) is 3.75. The molecule has 0 aliphatic rings. The van der Waals surface area contributed by atoms with Crippen molar-refractivity contribution in [1.29, 1.82) is 0 Å². The normalized spacial score (nSPS) is 10.2. The fourth-order valence-corrected chi connectivity index (χ4v) is 1.69. The van der Waals surface area contributed by atoms with E-state index < -0.39 is 17.6 Å². The number of anilines is 2. The van der Waals surface area contributed by atoms with Crippen LogP contribution in [-0.4, -0.2) is 11.1 Å². The molecule has 2 aromatic rings. The van der Waals surface area contributed by atoms with Gasteiger partial charge in [-0.15, -0.1) is 0 Å². The molecule has 0 amide bonds. The molecule has 0 saturated carbocycles. The van der Waals surface area contributed by atoms with Crippen LogP contribution in [0.5, 0.6) is 0 Å². The van der Waals surface area contributed by atoms with Crippen LogP contribution in [0.3, 0.4) is 0 Å². The topological polar surface area (TPSA) is 49.3 Å².